The summed E-state index contributed by atoms with van der Waals surface area (Å²) in [4.78, 5) is 27.0. The highest BCUT2D eigenvalue weighted by Crippen LogP contribution is 2.40. The van der Waals surface area contributed by atoms with Gasteiger partial charge in [0.05, 0.1) is 16.3 Å². The van der Waals surface area contributed by atoms with Crippen LogP contribution < -0.4 is 10.2 Å². The Morgan fingerprint density at radius 2 is 1.77 bits per heavy atom. The van der Waals surface area contributed by atoms with Crippen molar-refractivity contribution in [1.82, 2.24) is 0 Å². The third kappa shape index (κ3) is 3.57. The molecule has 0 spiro atoms. The van der Waals surface area contributed by atoms with E-state index in [9.17, 15) is 18.0 Å². The van der Waals surface area contributed by atoms with Crippen molar-refractivity contribution in [1.29, 1.82) is 0 Å². The summed E-state index contributed by atoms with van der Waals surface area (Å²) in [6, 6.07) is 17.4. The molecule has 0 saturated carbocycles. The van der Waals surface area contributed by atoms with Gasteiger partial charge in [0, 0.05) is 35.0 Å². The second-order valence-corrected chi connectivity index (χ2v) is 9.30. The van der Waals surface area contributed by atoms with E-state index in [1.807, 2.05) is 19.1 Å². The third-order valence-corrected chi connectivity index (χ3v) is 7.11. The first-order chi connectivity index (χ1) is 14.4. The number of carbonyl (C=O) groups is 2. The van der Waals surface area contributed by atoms with Gasteiger partial charge in [-0.1, -0.05) is 30.3 Å². The number of nitrogens with one attached hydrogen (secondary N) is 1. The SMILES string of the molecule is CCN1C(=O)c2cccc3c(NC(=O)CCCS(=O)(=O)c4ccccc4)ccc1c23. The first-order valence-corrected chi connectivity index (χ1v) is 11.5. The Labute approximate surface area is 175 Å². The van der Waals surface area contributed by atoms with Gasteiger partial charge in [-0.05, 0) is 43.7 Å². The van der Waals surface area contributed by atoms with Crippen molar-refractivity contribution in [2.45, 2.75) is 24.7 Å². The minimum atomic E-state index is -3.40. The van der Waals surface area contributed by atoms with Crippen LogP contribution >= 0.6 is 0 Å². The quantitative estimate of drug-likeness (QED) is 0.624. The average Bonchev–Trinajstić information content (AvgIpc) is 3.03. The molecule has 0 aliphatic carbocycles. The van der Waals surface area contributed by atoms with Crippen molar-refractivity contribution >= 4 is 43.8 Å². The summed E-state index contributed by atoms with van der Waals surface area (Å²) in [6.07, 6.45) is 0.321. The number of anilines is 2. The van der Waals surface area contributed by atoms with E-state index in [1.165, 1.54) is 0 Å². The molecule has 154 valence electrons. The zero-order chi connectivity index (χ0) is 21.3. The molecule has 0 unspecified atom stereocenters. The summed E-state index contributed by atoms with van der Waals surface area (Å²) in [5, 5.41) is 4.52. The normalized spacial score (nSPS) is 13.1. The standard InChI is InChI=1S/C23H22N2O4S/c1-2-25-20-14-13-19(17-10-6-11-18(22(17)20)23(25)27)24-21(26)12-7-15-30(28,29)16-8-4-3-5-9-16/h3-6,8-11,13-14H,2,7,12,15H2,1H3,(H,24,26). The van der Waals surface area contributed by atoms with E-state index in [1.54, 1.807) is 53.4 Å². The third-order valence-electron chi connectivity index (χ3n) is 5.29. The van der Waals surface area contributed by atoms with Crippen molar-refractivity contribution in [2.24, 2.45) is 0 Å². The van der Waals surface area contributed by atoms with Gasteiger partial charge >= 0.3 is 0 Å². The molecule has 0 aromatic heterocycles. The van der Waals surface area contributed by atoms with Gasteiger partial charge in [0.2, 0.25) is 5.91 Å². The number of rotatable bonds is 7. The van der Waals surface area contributed by atoms with Gasteiger partial charge in [0.25, 0.3) is 5.91 Å². The number of benzene rings is 3. The molecular formula is C23H22N2O4S. The second kappa shape index (κ2) is 7.91. The fourth-order valence-electron chi connectivity index (χ4n) is 3.85. The smallest absolute Gasteiger partial charge is 0.258 e. The Morgan fingerprint density at radius 3 is 2.50 bits per heavy atom. The lowest BCUT2D eigenvalue weighted by atomic mass is 10.0. The lowest BCUT2D eigenvalue weighted by molar-refractivity contribution is -0.116. The monoisotopic (exact) mass is 422 g/mol. The van der Waals surface area contributed by atoms with Gasteiger partial charge in [-0.25, -0.2) is 8.42 Å². The average molecular weight is 423 g/mol. The molecule has 1 heterocycles. The number of sulfone groups is 1. The molecule has 2 amide bonds. The van der Waals surface area contributed by atoms with E-state index < -0.39 is 9.84 Å². The number of hydrogen-bond acceptors (Lipinski definition) is 4. The molecule has 6 nitrogen and oxygen atoms in total. The summed E-state index contributed by atoms with van der Waals surface area (Å²) in [5.74, 6) is -0.378. The number of nitrogens with zero attached hydrogens (tertiary/aromatic N) is 1. The van der Waals surface area contributed by atoms with Crippen LogP contribution in [0.15, 0.2) is 65.6 Å². The van der Waals surface area contributed by atoms with Gasteiger partial charge in [0.15, 0.2) is 9.84 Å². The van der Waals surface area contributed by atoms with Gasteiger partial charge in [0.1, 0.15) is 0 Å². The van der Waals surface area contributed by atoms with Crippen molar-refractivity contribution < 1.29 is 18.0 Å². The topological polar surface area (TPSA) is 83.6 Å². The van der Waals surface area contributed by atoms with Crippen LogP contribution in [-0.4, -0.2) is 32.5 Å². The summed E-state index contributed by atoms with van der Waals surface area (Å²) in [6.45, 7) is 2.50. The largest absolute Gasteiger partial charge is 0.326 e. The van der Waals surface area contributed by atoms with Crippen LogP contribution in [0.3, 0.4) is 0 Å². The molecule has 3 aromatic carbocycles. The van der Waals surface area contributed by atoms with Crippen LogP contribution in [0.25, 0.3) is 10.8 Å². The van der Waals surface area contributed by atoms with Crippen LogP contribution in [0.4, 0.5) is 11.4 Å². The minimum Gasteiger partial charge on any atom is -0.326 e. The Kier molecular flexibility index (Phi) is 5.30. The van der Waals surface area contributed by atoms with Gasteiger partial charge in [-0.15, -0.1) is 0 Å². The van der Waals surface area contributed by atoms with E-state index in [4.69, 9.17) is 0 Å². The van der Waals surface area contributed by atoms with Crippen LogP contribution in [0.1, 0.15) is 30.1 Å². The molecule has 1 N–H and O–H groups in total. The maximum absolute atomic E-state index is 12.6. The fourth-order valence-corrected chi connectivity index (χ4v) is 5.18. The Hall–Kier alpha value is -3.19. The number of hydrogen-bond donors (Lipinski definition) is 1. The zero-order valence-corrected chi connectivity index (χ0v) is 17.4. The highest BCUT2D eigenvalue weighted by atomic mass is 32.2. The van der Waals surface area contributed by atoms with Gasteiger partial charge in [-0.3, -0.25) is 9.59 Å². The maximum Gasteiger partial charge on any atom is 0.258 e. The van der Waals surface area contributed by atoms with E-state index in [-0.39, 0.29) is 35.3 Å². The summed E-state index contributed by atoms with van der Waals surface area (Å²) < 4.78 is 24.7. The van der Waals surface area contributed by atoms with Gasteiger partial charge < -0.3 is 10.2 Å². The summed E-state index contributed by atoms with van der Waals surface area (Å²) >= 11 is 0. The van der Waals surface area contributed by atoms with Crippen LogP contribution in [0.5, 0.6) is 0 Å². The zero-order valence-electron chi connectivity index (χ0n) is 16.6. The van der Waals surface area contributed by atoms with Crippen molar-refractivity contribution in [3.8, 4) is 0 Å². The highest BCUT2D eigenvalue weighted by molar-refractivity contribution is 7.91. The Bertz CT molecular complexity index is 1240. The number of amides is 2. The van der Waals surface area contributed by atoms with E-state index in [2.05, 4.69) is 5.32 Å². The summed E-state index contributed by atoms with van der Waals surface area (Å²) in [7, 11) is -3.40. The van der Waals surface area contributed by atoms with Crippen LogP contribution in [0.2, 0.25) is 0 Å². The molecule has 0 radical (unpaired) electrons. The Morgan fingerprint density at radius 1 is 1.00 bits per heavy atom. The molecule has 1 aliphatic rings. The van der Waals surface area contributed by atoms with E-state index >= 15 is 0 Å². The van der Waals surface area contributed by atoms with Crippen LogP contribution in [-0.2, 0) is 14.6 Å². The van der Waals surface area contributed by atoms with E-state index in [0.29, 0.717) is 17.8 Å². The minimum absolute atomic E-state index is 0.0345. The van der Waals surface area contributed by atoms with Crippen molar-refractivity contribution in [2.75, 3.05) is 22.5 Å². The molecule has 0 saturated heterocycles. The van der Waals surface area contributed by atoms with E-state index in [0.717, 1.165) is 16.5 Å². The lowest BCUT2D eigenvalue weighted by Crippen LogP contribution is -2.25. The highest BCUT2D eigenvalue weighted by Gasteiger charge is 2.29. The first kappa shape index (κ1) is 20.1. The first-order valence-electron chi connectivity index (χ1n) is 9.87. The molecule has 0 fully saturated rings. The second-order valence-electron chi connectivity index (χ2n) is 7.19. The molecule has 4 rings (SSSR count). The molecule has 3 aromatic rings. The Balaban J connectivity index is 1.47. The molecular weight excluding hydrogens is 400 g/mol. The molecule has 0 bridgehead atoms. The summed E-state index contributed by atoms with van der Waals surface area (Å²) in [5.41, 5.74) is 2.10. The molecule has 30 heavy (non-hydrogen) atoms. The lowest BCUT2D eigenvalue weighted by Gasteiger charge is -2.15. The fraction of sp³-hybridized carbons (Fsp3) is 0.217. The molecule has 0 atom stereocenters. The van der Waals surface area contributed by atoms with Crippen LogP contribution in [0, 0.1) is 0 Å². The molecule has 7 heteroatoms. The maximum atomic E-state index is 12.6. The number of carbonyl (C=O) groups excluding carboxylic acids is 2. The van der Waals surface area contributed by atoms with Crippen molar-refractivity contribution in [3.05, 3.63) is 66.2 Å². The van der Waals surface area contributed by atoms with Crippen molar-refractivity contribution in [3.63, 3.8) is 0 Å². The predicted molar refractivity (Wildman–Crippen MR) is 118 cm³/mol. The predicted octanol–water partition coefficient (Wildman–Crippen LogP) is 4.01. The molecule has 1 aliphatic heterocycles. The van der Waals surface area contributed by atoms with Gasteiger partial charge in [-0.2, -0.15) is 0 Å².